The second-order valence-corrected chi connectivity index (χ2v) is 3.80. The topological polar surface area (TPSA) is 59.9 Å². The molecular formula is C13H16N4O. The van der Waals surface area contributed by atoms with Crippen LogP contribution in [0.4, 0.5) is 0 Å². The third-order valence-corrected chi connectivity index (χ3v) is 2.48. The average Bonchev–Trinajstić information content (AvgIpc) is 2.45. The number of nitrogens with zero attached hydrogens (tertiary/aromatic N) is 3. The summed E-state index contributed by atoms with van der Waals surface area (Å²) in [6, 6.07) is 5.06. The van der Waals surface area contributed by atoms with E-state index in [4.69, 9.17) is 8.85 Å². The van der Waals surface area contributed by atoms with Gasteiger partial charge in [-0.3, -0.25) is 4.98 Å². The maximum atomic E-state index is 7.01. The van der Waals surface area contributed by atoms with Gasteiger partial charge in [-0.25, -0.2) is 9.97 Å². The first-order valence-electron chi connectivity index (χ1n) is 7.08. The molecule has 0 saturated carbocycles. The molecule has 5 nitrogen and oxygen atoms in total. The van der Waals surface area contributed by atoms with E-state index in [0.29, 0.717) is 12.4 Å². The van der Waals surface area contributed by atoms with Gasteiger partial charge in [0.25, 0.3) is 0 Å². The summed E-state index contributed by atoms with van der Waals surface area (Å²) >= 11 is 0. The first-order valence-corrected chi connectivity index (χ1v) is 5.58. The van der Waals surface area contributed by atoms with Crippen LogP contribution in [0.25, 0.3) is 0 Å². The Labute approximate surface area is 110 Å². The fourth-order valence-electron chi connectivity index (χ4n) is 1.46. The van der Waals surface area contributed by atoms with Gasteiger partial charge in [-0.05, 0) is 25.1 Å². The largest absolute Gasteiger partial charge is 0.495 e. The third kappa shape index (κ3) is 3.24. The highest BCUT2D eigenvalue weighted by molar-refractivity contribution is 5.19. The van der Waals surface area contributed by atoms with Crippen LogP contribution < -0.4 is 10.1 Å². The van der Waals surface area contributed by atoms with Crippen molar-refractivity contribution in [2.45, 2.75) is 19.5 Å². The Morgan fingerprint density at radius 3 is 2.83 bits per heavy atom. The molecule has 0 amide bonds. The zero-order valence-corrected chi connectivity index (χ0v) is 10.00. The molecular weight excluding hydrogens is 228 g/mol. The number of rotatable bonds is 5. The first-order chi connectivity index (χ1) is 9.94. The van der Waals surface area contributed by atoms with E-state index in [-0.39, 0.29) is 11.8 Å². The van der Waals surface area contributed by atoms with Crippen molar-refractivity contribution in [2.24, 2.45) is 0 Å². The van der Waals surface area contributed by atoms with Crippen LogP contribution >= 0.6 is 0 Å². The number of methoxy groups -OCH3 is 1. The van der Waals surface area contributed by atoms with Gasteiger partial charge in [0.05, 0.1) is 29.1 Å². The number of aromatic nitrogens is 3. The van der Waals surface area contributed by atoms with Crippen LogP contribution in [0.15, 0.2) is 36.8 Å². The lowest BCUT2D eigenvalue weighted by Gasteiger charge is -2.11. The van der Waals surface area contributed by atoms with E-state index in [2.05, 4.69) is 20.3 Å². The first kappa shape index (κ1) is 8.99. The summed E-state index contributed by atoms with van der Waals surface area (Å²) in [4.78, 5) is 12.5. The lowest BCUT2D eigenvalue weighted by molar-refractivity contribution is 0.412. The highest BCUT2D eigenvalue weighted by Gasteiger charge is 2.07. The Morgan fingerprint density at radius 1 is 1.33 bits per heavy atom. The molecule has 5 heteroatoms. The number of hydrogen-bond acceptors (Lipinski definition) is 5. The summed E-state index contributed by atoms with van der Waals surface area (Å²) < 4.78 is 25.8. The molecule has 1 atom stereocenters. The highest BCUT2D eigenvalue weighted by Crippen LogP contribution is 2.09. The van der Waals surface area contributed by atoms with Gasteiger partial charge in [0.2, 0.25) is 0 Å². The Bertz CT molecular complexity index is 560. The maximum Gasteiger partial charge on any atom is 0.144 e. The van der Waals surface area contributed by atoms with E-state index in [0.717, 1.165) is 5.69 Å². The lowest BCUT2D eigenvalue weighted by Crippen LogP contribution is -2.20. The lowest BCUT2D eigenvalue weighted by atomic mass is 10.3. The summed E-state index contributed by atoms with van der Waals surface area (Å²) in [7, 11) is -2.46. The molecule has 94 valence electrons. The van der Waals surface area contributed by atoms with Crippen molar-refractivity contribution in [3.63, 3.8) is 0 Å². The molecule has 2 aromatic rings. The second kappa shape index (κ2) is 6.07. The Balaban J connectivity index is 1.89. The van der Waals surface area contributed by atoms with Gasteiger partial charge < -0.3 is 10.1 Å². The van der Waals surface area contributed by atoms with Crippen LogP contribution in [-0.2, 0) is 6.54 Å². The number of hydrogen-bond donors (Lipinski definition) is 1. The molecule has 2 aromatic heterocycles. The van der Waals surface area contributed by atoms with Crippen molar-refractivity contribution in [3.05, 3.63) is 48.3 Å². The summed E-state index contributed by atoms with van der Waals surface area (Å²) in [6.45, 7) is 2.48. The number of pyridine rings is 1. The quantitative estimate of drug-likeness (QED) is 0.872. The van der Waals surface area contributed by atoms with Crippen LogP contribution in [-0.4, -0.2) is 22.0 Å². The van der Waals surface area contributed by atoms with Crippen LogP contribution in [0, 0.1) is 0 Å². The molecule has 0 saturated heterocycles. The average molecular weight is 247 g/mol. The van der Waals surface area contributed by atoms with Crippen molar-refractivity contribution >= 4 is 0 Å². The van der Waals surface area contributed by atoms with Gasteiger partial charge in [0.1, 0.15) is 11.6 Å². The van der Waals surface area contributed by atoms with E-state index in [9.17, 15) is 0 Å². The third-order valence-electron chi connectivity index (χ3n) is 2.48. The molecule has 0 aliphatic rings. The van der Waals surface area contributed by atoms with E-state index < -0.39 is 7.04 Å². The number of ether oxygens (including phenoxy) is 1. The zero-order valence-electron chi connectivity index (χ0n) is 13.0. The SMILES string of the molecule is [2H]C([2H])([2H])Oc1ccc(CNC(C)c2ncccn2)nc1. The van der Waals surface area contributed by atoms with Gasteiger partial charge in [0.15, 0.2) is 0 Å². The predicted molar refractivity (Wildman–Crippen MR) is 68.1 cm³/mol. The van der Waals surface area contributed by atoms with Gasteiger partial charge >= 0.3 is 0 Å². The highest BCUT2D eigenvalue weighted by atomic mass is 16.5. The van der Waals surface area contributed by atoms with E-state index in [1.165, 1.54) is 6.20 Å². The summed E-state index contributed by atoms with van der Waals surface area (Å²) in [5.41, 5.74) is 0.774. The number of nitrogens with one attached hydrogen (secondary N) is 1. The van der Waals surface area contributed by atoms with Crippen LogP contribution in [0.3, 0.4) is 0 Å². The summed E-state index contributed by atoms with van der Waals surface area (Å²) in [5, 5.41) is 3.24. The normalized spacial score (nSPS) is 15.3. The molecule has 0 aromatic carbocycles. The predicted octanol–water partition coefficient (Wildman–Crippen LogP) is 1.73. The molecule has 0 radical (unpaired) electrons. The van der Waals surface area contributed by atoms with Gasteiger partial charge in [-0.15, -0.1) is 0 Å². The standard InChI is InChI=1S/C13H16N4O/c1-10(13-14-6-3-7-15-13)16-8-11-4-5-12(18-2)9-17-11/h3-7,9-10,16H,8H2,1-2H3/i2D3. The molecule has 1 N–H and O–H groups in total. The minimum Gasteiger partial charge on any atom is -0.495 e. The van der Waals surface area contributed by atoms with Gasteiger partial charge in [-0.2, -0.15) is 0 Å². The summed E-state index contributed by atoms with van der Waals surface area (Å²) in [5.74, 6) is 0.929. The summed E-state index contributed by atoms with van der Waals surface area (Å²) in [6.07, 6.45) is 4.78. The molecule has 18 heavy (non-hydrogen) atoms. The minimum absolute atomic E-state index is 0.00805. The van der Waals surface area contributed by atoms with Crippen molar-refractivity contribution in [3.8, 4) is 5.75 Å². The van der Waals surface area contributed by atoms with Crippen LogP contribution in [0.5, 0.6) is 5.75 Å². The van der Waals surface area contributed by atoms with Crippen molar-refractivity contribution in [1.82, 2.24) is 20.3 Å². The van der Waals surface area contributed by atoms with E-state index in [1.54, 1.807) is 30.6 Å². The van der Waals surface area contributed by atoms with Gasteiger partial charge in [0, 0.05) is 18.9 Å². The van der Waals surface area contributed by atoms with Crippen molar-refractivity contribution in [1.29, 1.82) is 0 Å². The molecule has 0 aliphatic carbocycles. The molecule has 0 fully saturated rings. The second-order valence-electron chi connectivity index (χ2n) is 3.80. The molecule has 2 heterocycles. The Hall–Kier alpha value is -2.01. The molecule has 1 unspecified atom stereocenters. The van der Waals surface area contributed by atoms with E-state index in [1.807, 2.05) is 6.92 Å². The maximum absolute atomic E-state index is 7.01. The Kier molecular flexibility index (Phi) is 3.03. The van der Waals surface area contributed by atoms with E-state index >= 15 is 0 Å². The molecule has 0 bridgehead atoms. The zero-order chi connectivity index (χ0) is 15.3. The molecule has 0 aliphatic heterocycles. The minimum atomic E-state index is -2.46. The van der Waals surface area contributed by atoms with Gasteiger partial charge in [-0.1, -0.05) is 0 Å². The van der Waals surface area contributed by atoms with Crippen molar-refractivity contribution < 1.29 is 8.85 Å². The van der Waals surface area contributed by atoms with Crippen molar-refractivity contribution in [2.75, 3.05) is 7.04 Å². The molecule has 2 rings (SSSR count). The fourth-order valence-corrected chi connectivity index (χ4v) is 1.46. The van der Waals surface area contributed by atoms with Crippen LogP contribution in [0.2, 0.25) is 0 Å². The Morgan fingerprint density at radius 2 is 2.17 bits per heavy atom. The fraction of sp³-hybridized carbons (Fsp3) is 0.308. The smallest absolute Gasteiger partial charge is 0.144 e. The van der Waals surface area contributed by atoms with Crippen LogP contribution in [0.1, 0.15) is 28.6 Å². The molecule has 0 spiro atoms. The monoisotopic (exact) mass is 247 g/mol.